The van der Waals surface area contributed by atoms with Crippen molar-refractivity contribution in [2.24, 2.45) is 5.73 Å². The highest BCUT2D eigenvalue weighted by Crippen LogP contribution is 2.39. The first-order valence-corrected chi connectivity index (χ1v) is 10.2. The molecule has 0 bridgehead atoms. The SMILES string of the molecule is CC1c2cc(F)cc(C(N)=O)c2C(=O)N1C1CCN(C2CCCCC2)CC1. The third kappa shape index (κ3) is 3.24. The van der Waals surface area contributed by atoms with Crippen LogP contribution in [0.1, 0.15) is 84.2 Å². The Morgan fingerprint density at radius 2 is 1.74 bits per heavy atom. The van der Waals surface area contributed by atoms with Crippen LogP contribution in [0.5, 0.6) is 0 Å². The van der Waals surface area contributed by atoms with E-state index in [0.29, 0.717) is 17.2 Å². The number of carbonyl (C=O) groups excluding carboxylic acids is 2. The summed E-state index contributed by atoms with van der Waals surface area (Å²) in [5.41, 5.74) is 6.29. The first-order chi connectivity index (χ1) is 13.0. The number of amides is 2. The second kappa shape index (κ2) is 7.23. The molecule has 2 N–H and O–H groups in total. The fraction of sp³-hybridized carbons (Fsp3) is 0.619. The van der Waals surface area contributed by atoms with Crippen molar-refractivity contribution in [2.75, 3.05) is 13.1 Å². The van der Waals surface area contributed by atoms with Gasteiger partial charge < -0.3 is 15.5 Å². The van der Waals surface area contributed by atoms with Gasteiger partial charge in [-0.2, -0.15) is 0 Å². The fourth-order valence-corrected chi connectivity index (χ4v) is 5.30. The van der Waals surface area contributed by atoms with Gasteiger partial charge in [0.1, 0.15) is 5.82 Å². The zero-order valence-electron chi connectivity index (χ0n) is 15.9. The van der Waals surface area contributed by atoms with Gasteiger partial charge in [0, 0.05) is 25.2 Å². The van der Waals surface area contributed by atoms with Crippen LogP contribution < -0.4 is 5.73 Å². The number of primary amides is 1. The lowest BCUT2D eigenvalue weighted by molar-refractivity contribution is 0.0427. The predicted molar refractivity (Wildman–Crippen MR) is 101 cm³/mol. The molecule has 1 aromatic carbocycles. The van der Waals surface area contributed by atoms with Gasteiger partial charge in [0.25, 0.3) is 5.91 Å². The molecule has 5 nitrogen and oxygen atoms in total. The van der Waals surface area contributed by atoms with Crippen LogP contribution in [0.4, 0.5) is 4.39 Å². The van der Waals surface area contributed by atoms with Gasteiger partial charge >= 0.3 is 0 Å². The van der Waals surface area contributed by atoms with Gasteiger partial charge in [-0.15, -0.1) is 0 Å². The number of nitrogens with two attached hydrogens (primary N) is 1. The quantitative estimate of drug-likeness (QED) is 0.884. The van der Waals surface area contributed by atoms with Gasteiger partial charge in [-0.1, -0.05) is 19.3 Å². The monoisotopic (exact) mass is 373 g/mol. The lowest BCUT2D eigenvalue weighted by Gasteiger charge is -2.42. The number of rotatable bonds is 3. The van der Waals surface area contributed by atoms with Crippen molar-refractivity contribution in [3.63, 3.8) is 0 Å². The van der Waals surface area contributed by atoms with E-state index in [9.17, 15) is 14.0 Å². The molecule has 6 heteroatoms. The molecule has 3 aliphatic rings. The molecule has 4 rings (SSSR count). The maximum absolute atomic E-state index is 14.0. The van der Waals surface area contributed by atoms with Crippen molar-refractivity contribution in [1.29, 1.82) is 0 Å². The molecule has 1 saturated carbocycles. The van der Waals surface area contributed by atoms with E-state index < -0.39 is 11.7 Å². The lowest BCUT2D eigenvalue weighted by atomic mass is 9.91. The molecule has 1 saturated heterocycles. The Balaban J connectivity index is 1.51. The minimum atomic E-state index is -0.750. The van der Waals surface area contributed by atoms with Crippen LogP contribution in [0, 0.1) is 5.82 Å². The molecule has 0 spiro atoms. The van der Waals surface area contributed by atoms with E-state index in [2.05, 4.69) is 4.90 Å². The number of halogens is 1. The summed E-state index contributed by atoms with van der Waals surface area (Å²) in [4.78, 5) is 29.3. The van der Waals surface area contributed by atoms with E-state index in [1.54, 1.807) is 0 Å². The van der Waals surface area contributed by atoms with E-state index >= 15 is 0 Å². The molecule has 2 fully saturated rings. The van der Waals surface area contributed by atoms with Crippen molar-refractivity contribution in [2.45, 2.75) is 70.0 Å². The number of piperidine rings is 1. The van der Waals surface area contributed by atoms with Gasteiger partial charge in [-0.3, -0.25) is 9.59 Å². The van der Waals surface area contributed by atoms with E-state index in [1.807, 2.05) is 11.8 Å². The number of nitrogens with zero attached hydrogens (tertiary/aromatic N) is 2. The van der Waals surface area contributed by atoms with Crippen molar-refractivity contribution in [1.82, 2.24) is 9.80 Å². The Kier molecular flexibility index (Phi) is 4.93. The van der Waals surface area contributed by atoms with Gasteiger partial charge in [-0.25, -0.2) is 4.39 Å². The molecule has 2 aliphatic heterocycles. The van der Waals surface area contributed by atoms with Gasteiger partial charge in [0.15, 0.2) is 0 Å². The normalized spacial score (nSPS) is 25.0. The molecule has 1 aliphatic carbocycles. The van der Waals surface area contributed by atoms with Crippen molar-refractivity contribution < 1.29 is 14.0 Å². The average molecular weight is 373 g/mol. The van der Waals surface area contributed by atoms with E-state index in [4.69, 9.17) is 5.73 Å². The third-order valence-corrected chi connectivity index (χ3v) is 6.70. The Bertz CT molecular complexity index is 752. The van der Waals surface area contributed by atoms with Gasteiger partial charge in [0.05, 0.1) is 17.2 Å². The number of hydrogen-bond donors (Lipinski definition) is 1. The number of carbonyl (C=O) groups is 2. The minimum Gasteiger partial charge on any atom is -0.366 e. The number of fused-ring (bicyclic) bond motifs is 1. The van der Waals surface area contributed by atoms with Crippen LogP contribution in [0.25, 0.3) is 0 Å². The lowest BCUT2D eigenvalue weighted by Crippen LogP contribution is -2.49. The zero-order valence-corrected chi connectivity index (χ0v) is 15.9. The van der Waals surface area contributed by atoms with Crippen LogP contribution in [0.2, 0.25) is 0 Å². The molecule has 2 amide bonds. The second-order valence-corrected chi connectivity index (χ2v) is 8.23. The number of benzene rings is 1. The molecule has 1 aromatic rings. The first-order valence-electron chi connectivity index (χ1n) is 10.2. The van der Waals surface area contributed by atoms with Crippen molar-refractivity contribution in [3.8, 4) is 0 Å². The Hall–Kier alpha value is -1.95. The molecule has 2 heterocycles. The Morgan fingerprint density at radius 1 is 1.07 bits per heavy atom. The van der Waals surface area contributed by atoms with E-state index in [-0.39, 0.29) is 23.6 Å². The molecule has 1 atom stereocenters. The highest BCUT2D eigenvalue weighted by atomic mass is 19.1. The molecular formula is C21H28FN3O2. The smallest absolute Gasteiger partial charge is 0.255 e. The molecule has 0 radical (unpaired) electrons. The summed E-state index contributed by atoms with van der Waals surface area (Å²) in [6.07, 6.45) is 8.42. The average Bonchev–Trinajstić information content (AvgIpc) is 2.92. The van der Waals surface area contributed by atoms with Gasteiger partial charge in [-0.05, 0) is 50.3 Å². The van der Waals surface area contributed by atoms with Crippen molar-refractivity contribution in [3.05, 3.63) is 34.6 Å². The third-order valence-electron chi connectivity index (χ3n) is 6.70. The zero-order chi connectivity index (χ0) is 19.1. The summed E-state index contributed by atoms with van der Waals surface area (Å²) in [7, 11) is 0. The molecule has 0 aromatic heterocycles. The fourth-order valence-electron chi connectivity index (χ4n) is 5.30. The Morgan fingerprint density at radius 3 is 2.37 bits per heavy atom. The van der Waals surface area contributed by atoms with Crippen LogP contribution in [-0.4, -0.2) is 46.8 Å². The summed E-state index contributed by atoms with van der Waals surface area (Å²) >= 11 is 0. The molecule has 27 heavy (non-hydrogen) atoms. The van der Waals surface area contributed by atoms with Crippen molar-refractivity contribution >= 4 is 11.8 Å². The summed E-state index contributed by atoms with van der Waals surface area (Å²) in [6.45, 7) is 3.92. The van der Waals surface area contributed by atoms with E-state index in [1.165, 1.54) is 38.2 Å². The summed E-state index contributed by atoms with van der Waals surface area (Å²) in [5, 5.41) is 0. The van der Waals surface area contributed by atoms with Gasteiger partial charge in [0.2, 0.25) is 5.91 Å². The molecule has 1 unspecified atom stereocenters. The highest BCUT2D eigenvalue weighted by Gasteiger charge is 2.42. The maximum atomic E-state index is 14.0. The predicted octanol–water partition coefficient (Wildman–Crippen LogP) is 3.24. The number of likely N-dealkylation sites (tertiary alicyclic amines) is 1. The minimum absolute atomic E-state index is 0.00370. The van der Waals surface area contributed by atoms with E-state index in [0.717, 1.165) is 32.0 Å². The molecular weight excluding hydrogens is 345 g/mol. The van der Waals surface area contributed by atoms with Crippen LogP contribution in [0.15, 0.2) is 12.1 Å². The number of hydrogen-bond acceptors (Lipinski definition) is 3. The largest absolute Gasteiger partial charge is 0.366 e. The van der Waals surface area contributed by atoms with Crippen LogP contribution in [-0.2, 0) is 0 Å². The molecule has 146 valence electrons. The second-order valence-electron chi connectivity index (χ2n) is 8.23. The first kappa shape index (κ1) is 18.4. The maximum Gasteiger partial charge on any atom is 0.255 e. The summed E-state index contributed by atoms with van der Waals surface area (Å²) in [5.74, 6) is -1.45. The van der Waals surface area contributed by atoms with Crippen LogP contribution in [0.3, 0.4) is 0 Å². The topological polar surface area (TPSA) is 66.6 Å². The summed E-state index contributed by atoms with van der Waals surface area (Å²) in [6, 6.07) is 3.05. The van der Waals surface area contributed by atoms with Crippen LogP contribution >= 0.6 is 0 Å². The summed E-state index contributed by atoms with van der Waals surface area (Å²) < 4.78 is 14.0. The Labute approximate surface area is 159 Å². The standard InChI is InChI=1S/C21H28FN3O2/c1-13-17-11-14(22)12-18(20(23)26)19(17)21(27)25(13)16-7-9-24(10-8-16)15-5-3-2-4-6-15/h11-13,15-16H,2-10H2,1H3,(H2,23,26). The highest BCUT2D eigenvalue weighted by molar-refractivity contribution is 6.09.